The summed E-state index contributed by atoms with van der Waals surface area (Å²) in [6.07, 6.45) is -5.37. The van der Waals surface area contributed by atoms with Crippen molar-refractivity contribution in [2.75, 3.05) is 13.2 Å². The van der Waals surface area contributed by atoms with Crippen LogP contribution in [0.25, 0.3) is 0 Å². The second-order valence-corrected chi connectivity index (χ2v) is 7.08. The van der Waals surface area contributed by atoms with E-state index in [9.17, 15) is 37.3 Å². The van der Waals surface area contributed by atoms with Crippen molar-refractivity contribution >= 4 is 29.2 Å². The molecule has 0 N–H and O–H groups in total. The number of alkyl halides is 3. The Morgan fingerprint density at radius 3 is 2.15 bits per heavy atom. The van der Waals surface area contributed by atoms with Crippen molar-refractivity contribution in [2.45, 2.75) is 26.4 Å². The maximum absolute atomic E-state index is 14.3. The number of hydrogen-bond donors (Lipinski definition) is 0. The van der Waals surface area contributed by atoms with Gasteiger partial charge >= 0.3 is 18.1 Å². The number of benzene rings is 2. The number of nitro groups is 1. The van der Waals surface area contributed by atoms with Crippen LogP contribution in [-0.4, -0.2) is 30.1 Å². The number of rotatable bonds is 9. The fourth-order valence-electron chi connectivity index (χ4n) is 2.87. The highest BCUT2D eigenvalue weighted by molar-refractivity contribution is 6.32. The molecule has 8 nitrogen and oxygen atoms in total. The molecule has 0 saturated heterocycles. The van der Waals surface area contributed by atoms with Crippen LogP contribution in [0.3, 0.4) is 0 Å². The van der Waals surface area contributed by atoms with E-state index < -0.39 is 63.2 Å². The minimum atomic E-state index is -4.85. The van der Waals surface area contributed by atoms with Gasteiger partial charge in [-0.05, 0) is 38.1 Å². The quantitative estimate of drug-likeness (QED) is 0.145. The molecule has 13 heteroatoms. The Bertz CT molecular complexity index is 1050. The predicted molar refractivity (Wildman–Crippen MR) is 110 cm³/mol. The summed E-state index contributed by atoms with van der Waals surface area (Å²) >= 11 is 5.75. The van der Waals surface area contributed by atoms with Crippen LogP contribution in [0.1, 0.15) is 25.0 Å². The van der Waals surface area contributed by atoms with Gasteiger partial charge in [-0.1, -0.05) is 11.6 Å². The van der Waals surface area contributed by atoms with E-state index in [2.05, 4.69) is 0 Å². The number of carbonyl (C=O) groups excluding carboxylic acids is 2. The van der Waals surface area contributed by atoms with E-state index in [-0.39, 0.29) is 30.6 Å². The lowest BCUT2D eigenvalue weighted by molar-refractivity contribution is -0.385. The van der Waals surface area contributed by atoms with Gasteiger partial charge in [0, 0.05) is 18.1 Å². The molecule has 0 fully saturated rings. The monoisotopic (exact) mass is 507 g/mol. The molecule has 0 saturated carbocycles. The zero-order valence-electron chi connectivity index (χ0n) is 17.8. The van der Waals surface area contributed by atoms with Gasteiger partial charge in [0.05, 0.1) is 28.7 Å². The van der Waals surface area contributed by atoms with Gasteiger partial charge in [0.2, 0.25) is 0 Å². The van der Waals surface area contributed by atoms with E-state index in [0.29, 0.717) is 6.07 Å². The molecule has 184 valence electrons. The Balaban J connectivity index is 2.46. The van der Waals surface area contributed by atoms with Crippen LogP contribution in [0.4, 0.5) is 23.2 Å². The third-order valence-corrected chi connectivity index (χ3v) is 4.64. The van der Waals surface area contributed by atoms with E-state index in [1.165, 1.54) is 13.8 Å². The minimum Gasteiger partial charge on any atom is -0.465 e. The molecular weight excluding hydrogens is 490 g/mol. The summed E-state index contributed by atoms with van der Waals surface area (Å²) in [6, 6.07) is 3.71. The summed E-state index contributed by atoms with van der Waals surface area (Å²) in [5.74, 6) is -5.90. The highest BCUT2D eigenvalue weighted by Crippen LogP contribution is 2.39. The Morgan fingerprint density at radius 1 is 1.09 bits per heavy atom. The molecule has 34 heavy (non-hydrogen) atoms. The molecule has 0 spiro atoms. The average Bonchev–Trinajstić information content (AvgIpc) is 2.73. The van der Waals surface area contributed by atoms with Crippen molar-refractivity contribution in [3.05, 3.63) is 62.4 Å². The molecule has 0 bridgehead atoms. The fourth-order valence-corrected chi connectivity index (χ4v) is 3.12. The van der Waals surface area contributed by atoms with E-state index in [1.54, 1.807) is 0 Å². The second kappa shape index (κ2) is 11.1. The molecule has 0 aliphatic rings. The molecule has 2 rings (SSSR count). The summed E-state index contributed by atoms with van der Waals surface area (Å²) in [6.45, 7) is 2.87. The van der Waals surface area contributed by atoms with Crippen LogP contribution in [0.2, 0.25) is 5.02 Å². The first-order chi connectivity index (χ1) is 15.9. The Labute approximate surface area is 195 Å². The topological polar surface area (TPSA) is 105 Å². The van der Waals surface area contributed by atoms with Gasteiger partial charge in [0.1, 0.15) is 5.75 Å². The molecule has 0 aliphatic carbocycles. The lowest BCUT2D eigenvalue weighted by Gasteiger charge is -2.16. The van der Waals surface area contributed by atoms with Gasteiger partial charge < -0.3 is 14.2 Å². The molecule has 0 aliphatic heterocycles. The van der Waals surface area contributed by atoms with Crippen LogP contribution in [0, 0.1) is 21.8 Å². The van der Waals surface area contributed by atoms with Gasteiger partial charge in [-0.15, -0.1) is 0 Å². The van der Waals surface area contributed by atoms with Gasteiger partial charge in [0.15, 0.2) is 17.5 Å². The number of esters is 2. The Kier molecular flexibility index (Phi) is 8.80. The minimum absolute atomic E-state index is 0.0638. The van der Waals surface area contributed by atoms with Crippen molar-refractivity contribution in [3.8, 4) is 11.5 Å². The van der Waals surface area contributed by atoms with Gasteiger partial charge in [-0.2, -0.15) is 13.2 Å². The van der Waals surface area contributed by atoms with Crippen molar-refractivity contribution in [1.82, 2.24) is 0 Å². The third kappa shape index (κ3) is 6.56. The molecule has 0 unspecified atom stereocenters. The number of halogens is 5. The first kappa shape index (κ1) is 26.8. The number of hydrogen-bond acceptors (Lipinski definition) is 7. The lowest BCUT2D eigenvalue weighted by Crippen LogP contribution is -2.30. The average molecular weight is 508 g/mol. The Morgan fingerprint density at radius 2 is 1.68 bits per heavy atom. The van der Waals surface area contributed by atoms with Crippen molar-refractivity contribution < 1.29 is 46.3 Å². The molecule has 0 aromatic heterocycles. The van der Waals surface area contributed by atoms with Crippen molar-refractivity contribution in [2.24, 2.45) is 5.92 Å². The zero-order chi connectivity index (χ0) is 25.6. The normalized spacial score (nSPS) is 11.3. The van der Waals surface area contributed by atoms with Crippen LogP contribution in [0.15, 0.2) is 30.3 Å². The summed E-state index contributed by atoms with van der Waals surface area (Å²) < 4.78 is 67.7. The SMILES string of the molecule is CCOC(=O)C(Cc1cc(Oc2c(F)cc(C(F)(F)F)cc2Cl)ccc1[N+](=O)[O-])C(=O)OCC. The van der Waals surface area contributed by atoms with E-state index in [4.69, 9.17) is 25.8 Å². The van der Waals surface area contributed by atoms with Gasteiger partial charge in [0.25, 0.3) is 5.69 Å². The Hall–Kier alpha value is -3.41. The first-order valence-corrected chi connectivity index (χ1v) is 10.1. The zero-order valence-corrected chi connectivity index (χ0v) is 18.5. The van der Waals surface area contributed by atoms with E-state index in [0.717, 1.165) is 18.2 Å². The van der Waals surface area contributed by atoms with E-state index in [1.807, 2.05) is 0 Å². The highest BCUT2D eigenvalue weighted by Gasteiger charge is 2.34. The van der Waals surface area contributed by atoms with Crippen LogP contribution in [-0.2, 0) is 31.7 Å². The number of ether oxygens (including phenoxy) is 3. The van der Waals surface area contributed by atoms with Gasteiger partial charge in [-0.3, -0.25) is 19.7 Å². The molecular formula is C21H18ClF4NO7. The molecule has 0 heterocycles. The van der Waals surface area contributed by atoms with Gasteiger partial charge in [-0.25, -0.2) is 4.39 Å². The molecule has 0 radical (unpaired) electrons. The molecule has 0 amide bonds. The van der Waals surface area contributed by atoms with Crippen LogP contribution < -0.4 is 4.74 Å². The highest BCUT2D eigenvalue weighted by atomic mass is 35.5. The van der Waals surface area contributed by atoms with Crippen LogP contribution >= 0.6 is 11.6 Å². The lowest BCUT2D eigenvalue weighted by atomic mass is 9.97. The standard InChI is InChI=1S/C21H18ClF4NO7/c1-3-32-19(28)14(20(29)33-4-2)8-11-7-13(5-6-17(11)27(30)31)34-18-15(22)9-12(10-16(18)23)21(24,25)26/h5-7,9-10,14H,3-4,8H2,1-2H3. The number of nitro benzene ring substituents is 1. The van der Waals surface area contributed by atoms with E-state index >= 15 is 0 Å². The number of nitrogens with zero attached hydrogens (tertiary/aromatic N) is 1. The smallest absolute Gasteiger partial charge is 0.416 e. The molecule has 2 aromatic carbocycles. The summed E-state index contributed by atoms with van der Waals surface area (Å²) in [7, 11) is 0. The summed E-state index contributed by atoms with van der Waals surface area (Å²) in [5, 5.41) is 10.8. The first-order valence-electron chi connectivity index (χ1n) is 9.73. The second-order valence-electron chi connectivity index (χ2n) is 6.68. The number of carbonyl (C=O) groups is 2. The maximum atomic E-state index is 14.3. The van der Waals surface area contributed by atoms with Crippen molar-refractivity contribution in [3.63, 3.8) is 0 Å². The largest absolute Gasteiger partial charge is 0.465 e. The molecule has 2 aromatic rings. The fraction of sp³-hybridized carbons (Fsp3) is 0.333. The van der Waals surface area contributed by atoms with Crippen LogP contribution in [0.5, 0.6) is 11.5 Å². The van der Waals surface area contributed by atoms with Crippen molar-refractivity contribution in [1.29, 1.82) is 0 Å². The third-order valence-electron chi connectivity index (χ3n) is 4.36. The molecule has 0 atom stereocenters. The summed E-state index contributed by atoms with van der Waals surface area (Å²) in [4.78, 5) is 35.1. The predicted octanol–water partition coefficient (Wildman–Crippen LogP) is 5.48. The summed E-state index contributed by atoms with van der Waals surface area (Å²) in [5.41, 5.74) is -2.00. The maximum Gasteiger partial charge on any atom is 0.416 e.